The first-order valence-corrected chi connectivity index (χ1v) is 17.7. The summed E-state index contributed by atoms with van der Waals surface area (Å²) in [5.41, 5.74) is 6.72. The van der Waals surface area contributed by atoms with Gasteiger partial charge in [-0.25, -0.2) is 4.79 Å². The first-order valence-electron chi connectivity index (χ1n) is 17.7. The van der Waals surface area contributed by atoms with Crippen molar-refractivity contribution in [2.45, 2.75) is 12.8 Å². The minimum absolute atomic E-state index is 0.0656. The summed E-state index contributed by atoms with van der Waals surface area (Å²) < 4.78 is 48.8. The number of fused-ring (bicyclic) bond motifs is 1. The number of benzene rings is 2. The molecule has 0 radical (unpaired) electrons. The summed E-state index contributed by atoms with van der Waals surface area (Å²) in [6, 6.07) is 13.3. The minimum atomic E-state index is -0.730. The predicted octanol–water partition coefficient (Wildman–Crippen LogP) is 1.69. The zero-order valence-corrected chi connectivity index (χ0v) is 30.2. The van der Waals surface area contributed by atoms with Crippen molar-refractivity contribution in [2.24, 2.45) is 0 Å². The number of anilines is 1. The Kier molecular flexibility index (Phi) is 22.4. The Hall–Kier alpha value is -4.13. The Morgan fingerprint density at radius 1 is 0.604 bits per heavy atom. The molecule has 1 aromatic heterocycles. The maximum absolute atomic E-state index is 12.3. The number of ether oxygens (including phenoxy) is 8. The van der Waals surface area contributed by atoms with Crippen LogP contribution >= 0.6 is 0 Å². The monoisotopic (exact) mass is 747 g/mol. The lowest BCUT2D eigenvalue weighted by Gasteiger charge is -2.09. The van der Waals surface area contributed by atoms with E-state index in [9.17, 15) is 19.5 Å². The third kappa shape index (κ3) is 20.1. The Morgan fingerprint density at radius 3 is 1.62 bits per heavy atom. The Labute approximate surface area is 309 Å². The number of nitrogens with one attached hydrogen (secondary N) is 2. The number of carbonyl (C=O) groups is 2. The van der Waals surface area contributed by atoms with Crippen molar-refractivity contribution < 1.29 is 57.0 Å². The number of nitrogens with two attached hydrogens (primary N) is 1. The highest BCUT2D eigenvalue weighted by Gasteiger charge is 2.13. The van der Waals surface area contributed by atoms with Crippen LogP contribution in [0, 0.1) is 0 Å². The molecule has 2 amide bonds. The summed E-state index contributed by atoms with van der Waals surface area (Å²) in [6.45, 7) is 7.33. The molecular formula is C37H53N3O13. The van der Waals surface area contributed by atoms with Crippen molar-refractivity contribution >= 4 is 28.5 Å². The molecule has 0 aliphatic carbocycles. The fourth-order valence-electron chi connectivity index (χ4n) is 4.52. The molecule has 5 N–H and O–H groups in total. The lowest BCUT2D eigenvalue weighted by Crippen LogP contribution is -2.31. The summed E-state index contributed by atoms with van der Waals surface area (Å²) in [6.07, 6.45) is 0.988. The van der Waals surface area contributed by atoms with Crippen LogP contribution in [0.3, 0.4) is 0 Å². The van der Waals surface area contributed by atoms with Crippen LogP contribution in [-0.4, -0.2) is 136 Å². The molecule has 0 saturated carbocycles. The van der Waals surface area contributed by atoms with Gasteiger partial charge in [0.05, 0.1) is 106 Å². The molecule has 2 aromatic carbocycles. The topological polar surface area (TPSA) is 208 Å². The number of amides is 2. The first kappa shape index (κ1) is 43.3. The Balaban J connectivity index is 0.965. The highest BCUT2D eigenvalue weighted by molar-refractivity contribution is 5.96. The highest BCUT2D eigenvalue weighted by atomic mass is 16.6. The van der Waals surface area contributed by atoms with Gasteiger partial charge in [-0.05, 0) is 42.3 Å². The quantitative estimate of drug-likeness (QED) is 0.0420. The molecular weight excluding hydrogens is 694 g/mol. The van der Waals surface area contributed by atoms with E-state index in [-0.39, 0.29) is 36.8 Å². The number of phenols is 1. The van der Waals surface area contributed by atoms with Crippen LogP contribution in [0.25, 0.3) is 11.0 Å². The highest BCUT2D eigenvalue weighted by Crippen LogP contribution is 2.16. The standard InChI is InChI=1S/C37H53N3O13/c38-31-4-3-30-27-33(37(44)53-34(30)28-31)36(43)40-10-12-46-14-16-48-18-20-50-22-24-52-26-25-51-23-21-49-19-17-47-15-13-45-11-8-35(42)39-9-7-29-1-5-32(41)6-2-29/h1-6,27-28,41H,7-26,38H2,(H,39,42)(H,40,43). The third-order valence-corrected chi connectivity index (χ3v) is 7.29. The second kappa shape index (κ2) is 27.5. The molecule has 3 aromatic rings. The van der Waals surface area contributed by atoms with Crippen LogP contribution < -0.4 is 22.0 Å². The molecule has 16 heteroatoms. The number of nitrogen functional groups attached to an aromatic ring is 1. The Bertz CT molecular complexity index is 1500. The second-order valence-electron chi connectivity index (χ2n) is 11.4. The lowest BCUT2D eigenvalue weighted by atomic mass is 10.1. The van der Waals surface area contributed by atoms with E-state index in [1.165, 1.54) is 12.1 Å². The molecule has 0 bridgehead atoms. The number of aromatic hydroxyl groups is 1. The van der Waals surface area contributed by atoms with E-state index in [2.05, 4.69) is 10.6 Å². The van der Waals surface area contributed by atoms with Gasteiger partial charge in [-0.15, -0.1) is 0 Å². The van der Waals surface area contributed by atoms with Gasteiger partial charge < -0.3 is 63.8 Å². The molecule has 0 fully saturated rings. The van der Waals surface area contributed by atoms with Crippen LogP contribution in [0.2, 0.25) is 0 Å². The van der Waals surface area contributed by atoms with Crippen molar-refractivity contribution in [2.75, 3.05) is 125 Å². The average molecular weight is 748 g/mol. The smallest absolute Gasteiger partial charge is 0.349 e. The first-order chi connectivity index (χ1) is 25.9. The van der Waals surface area contributed by atoms with Crippen LogP contribution in [0.5, 0.6) is 5.75 Å². The third-order valence-electron chi connectivity index (χ3n) is 7.29. The largest absolute Gasteiger partial charge is 0.508 e. The molecule has 16 nitrogen and oxygen atoms in total. The fraction of sp³-hybridized carbons (Fsp3) is 0.541. The van der Waals surface area contributed by atoms with Crippen molar-refractivity contribution in [3.63, 3.8) is 0 Å². The minimum Gasteiger partial charge on any atom is -0.508 e. The molecule has 0 saturated heterocycles. The van der Waals surface area contributed by atoms with Gasteiger partial charge in [0.25, 0.3) is 5.91 Å². The summed E-state index contributed by atoms with van der Waals surface area (Å²) in [4.78, 5) is 36.3. The van der Waals surface area contributed by atoms with Gasteiger partial charge in [0.1, 0.15) is 16.9 Å². The molecule has 53 heavy (non-hydrogen) atoms. The summed E-state index contributed by atoms with van der Waals surface area (Å²) in [7, 11) is 0. The predicted molar refractivity (Wildman–Crippen MR) is 195 cm³/mol. The van der Waals surface area contributed by atoms with Crippen LogP contribution in [0.15, 0.2) is 57.7 Å². The lowest BCUT2D eigenvalue weighted by molar-refractivity contribution is -0.122. The Morgan fingerprint density at radius 2 is 1.09 bits per heavy atom. The average Bonchev–Trinajstić information content (AvgIpc) is 3.14. The van der Waals surface area contributed by atoms with Gasteiger partial charge in [-0.2, -0.15) is 0 Å². The molecule has 0 spiro atoms. The molecule has 0 aliphatic heterocycles. The molecule has 294 valence electrons. The van der Waals surface area contributed by atoms with Gasteiger partial charge in [-0.3, -0.25) is 9.59 Å². The summed E-state index contributed by atoms with van der Waals surface area (Å²) in [5, 5.41) is 15.4. The molecule has 0 unspecified atom stereocenters. The zero-order chi connectivity index (χ0) is 37.8. The van der Waals surface area contributed by atoms with Gasteiger partial charge in [-0.1, -0.05) is 12.1 Å². The number of rotatable bonds is 31. The second-order valence-corrected chi connectivity index (χ2v) is 11.4. The van der Waals surface area contributed by atoms with Crippen molar-refractivity contribution in [3.8, 4) is 5.75 Å². The van der Waals surface area contributed by atoms with Gasteiger partial charge in [0.2, 0.25) is 5.91 Å². The number of hydrogen-bond donors (Lipinski definition) is 4. The summed E-state index contributed by atoms with van der Waals surface area (Å²) in [5.74, 6) is -0.377. The normalized spacial score (nSPS) is 11.2. The molecule has 3 rings (SSSR count). The SMILES string of the molecule is Nc1ccc2cc(C(=O)NCCOCCOCCOCCOCCOCCOCCOCCOCCC(=O)NCCc3ccc(O)cc3)c(=O)oc2c1. The van der Waals surface area contributed by atoms with Crippen molar-refractivity contribution in [1.29, 1.82) is 0 Å². The number of carbonyl (C=O) groups excluding carboxylic acids is 2. The zero-order valence-electron chi connectivity index (χ0n) is 30.2. The maximum Gasteiger partial charge on any atom is 0.349 e. The van der Waals surface area contributed by atoms with E-state index in [1.54, 1.807) is 24.3 Å². The number of hydrogen-bond acceptors (Lipinski definition) is 14. The van der Waals surface area contributed by atoms with Crippen LogP contribution in [0.4, 0.5) is 5.69 Å². The van der Waals surface area contributed by atoms with E-state index >= 15 is 0 Å². The van der Waals surface area contributed by atoms with E-state index in [0.717, 1.165) is 5.56 Å². The molecule has 1 heterocycles. The van der Waals surface area contributed by atoms with E-state index < -0.39 is 11.5 Å². The van der Waals surface area contributed by atoms with Crippen LogP contribution in [-0.2, 0) is 49.1 Å². The van der Waals surface area contributed by atoms with Crippen LogP contribution in [0.1, 0.15) is 22.3 Å². The van der Waals surface area contributed by atoms with Gasteiger partial charge >= 0.3 is 5.63 Å². The van der Waals surface area contributed by atoms with Gasteiger partial charge in [0, 0.05) is 36.7 Å². The molecule has 0 aliphatic rings. The van der Waals surface area contributed by atoms with E-state index in [1.807, 2.05) is 12.1 Å². The van der Waals surface area contributed by atoms with E-state index in [4.69, 9.17) is 48.0 Å². The maximum atomic E-state index is 12.3. The molecule has 0 atom stereocenters. The summed E-state index contributed by atoms with van der Waals surface area (Å²) >= 11 is 0. The number of phenolic OH excluding ortho intramolecular Hbond substituents is 1. The fourth-order valence-corrected chi connectivity index (χ4v) is 4.52. The van der Waals surface area contributed by atoms with Gasteiger partial charge in [0.15, 0.2) is 0 Å². The van der Waals surface area contributed by atoms with E-state index in [0.29, 0.717) is 129 Å². The van der Waals surface area contributed by atoms with Crippen molar-refractivity contribution in [1.82, 2.24) is 10.6 Å². The van der Waals surface area contributed by atoms with Crippen molar-refractivity contribution in [3.05, 3.63) is 70.1 Å².